The first kappa shape index (κ1) is 18.0. The Balaban J connectivity index is 2.14. The van der Waals surface area contributed by atoms with Crippen molar-refractivity contribution in [2.24, 2.45) is 0 Å². The number of carbonyl (C=O) groups excluding carboxylic acids is 4. The first-order valence-corrected chi connectivity index (χ1v) is 6.69. The second kappa shape index (κ2) is 9.77. The Morgan fingerprint density at radius 1 is 1.26 bits per heavy atom. The van der Waals surface area contributed by atoms with Crippen molar-refractivity contribution in [2.75, 3.05) is 19.7 Å². The van der Waals surface area contributed by atoms with E-state index in [1.807, 2.05) is 5.32 Å². The van der Waals surface area contributed by atoms with Gasteiger partial charge in [-0.2, -0.15) is 0 Å². The van der Waals surface area contributed by atoms with Crippen molar-refractivity contribution in [3.63, 3.8) is 0 Å². The van der Waals surface area contributed by atoms with Crippen molar-refractivity contribution >= 4 is 23.8 Å². The molecule has 0 bridgehead atoms. The summed E-state index contributed by atoms with van der Waals surface area (Å²) in [5, 5.41) is 6.74. The smallest absolute Gasteiger partial charge is 0.321 e. The van der Waals surface area contributed by atoms with Gasteiger partial charge in [-0.1, -0.05) is 6.08 Å². The summed E-state index contributed by atoms with van der Waals surface area (Å²) in [7, 11) is 0. The number of nitrogens with one attached hydrogen (secondary N) is 3. The van der Waals surface area contributed by atoms with Crippen molar-refractivity contribution in [1.82, 2.24) is 16.0 Å². The lowest BCUT2D eigenvalue weighted by Crippen LogP contribution is -2.41. The van der Waals surface area contributed by atoms with Crippen LogP contribution in [0.15, 0.2) is 35.5 Å². The van der Waals surface area contributed by atoms with Crippen LogP contribution in [0.25, 0.3) is 0 Å². The van der Waals surface area contributed by atoms with Gasteiger partial charge in [-0.25, -0.2) is 4.79 Å². The van der Waals surface area contributed by atoms with Gasteiger partial charge in [0.1, 0.15) is 0 Å². The first-order chi connectivity index (χ1) is 11.0. The zero-order valence-corrected chi connectivity index (χ0v) is 12.3. The summed E-state index contributed by atoms with van der Waals surface area (Å²) in [6, 6.07) is 2.33. The van der Waals surface area contributed by atoms with Crippen molar-refractivity contribution < 1.29 is 28.3 Å². The monoisotopic (exact) mass is 323 g/mol. The lowest BCUT2D eigenvalue weighted by atomic mass is 10.4. The van der Waals surface area contributed by atoms with Gasteiger partial charge >= 0.3 is 12.0 Å². The van der Waals surface area contributed by atoms with E-state index in [9.17, 15) is 19.2 Å². The molecule has 1 rings (SSSR count). The van der Waals surface area contributed by atoms with E-state index in [2.05, 4.69) is 21.9 Å². The fraction of sp³-hybridized carbons (Fsp3) is 0.286. The van der Waals surface area contributed by atoms with Crippen LogP contribution in [0.5, 0.6) is 0 Å². The van der Waals surface area contributed by atoms with E-state index in [0.29, 0.717) is 0 Å². The standard InChI is InChI=1S/C14H17N3O6/c1-2-6-16-14(21)17-11(18)9-23-12(19)5-7-15-13(20)10-4-3-8-22-10/h2-4,8H,1,5-7,9H2,(H,15,20)(H2,16,17,18,21). The summed E-state index contributed by atoms with van der Waals surface area (Å²) >= 11 is 0. The largest absolute Gasteiger partial charge is 0.459 e. The molecular weight excluding hydrogens is 306 g/mol. The van der Waals surface area contributed by atoms with Crippen molar-refractivity contribution in [2.45, 2.75) is 6.42 Å². The summed E-state index contributed by atoms with van der Waals surface area (Å²) < 4.78 is 9.53. The van der Waals surface area contributed by atoms with Crippen LogP contribution in [0.4, 0.5) is 4.79 Å². The number of ether oxygens (including phenoxy) is 1. The molecule has 0 radical (unpaired) electrons. The molecule has 4 amide bonds. The fourth-order valence-electron chi connectivity index (χ4n) is 1.36. The number of carbonyl (C=O) groups is 4. The maximum Gasteiger partial charge on any atom is 0.321 e. The third-order valence-electron chi connectivity index (χ3n) is 2.38. The van der Waals surface area contributed by atoms with Crippen LogP contribution in [0, 0.1) is 0 Å². The van der Waals surface area contributed by atoms with Crippen LogP contribution in [0.3, 0.4) is 0 Å². The Bertz CT molecular complexity index is 567. The second-order valence-corrected chi connectivity index (χ2v) is 4.19. The van der Waals surface area contributed by atoms with Gasteiger partial charge in [-0.05, 0) is 12.1 Å². The van der Waals surface area contributed by atoms with Crippen LogP contribution in [0.2, 0.25) is 0 Å². The number of furan rings is 1. The second-order valence-electron chi connectivity index (χ2n) is 4.19. The number of hydrogen-bond donors (Lipinski definition) is 3. The molecule has 0 aliphatic carbocycles. The molecular formula is C14H17N3O6. The SMILES string of the molecule is C=CCNC(=O)NC(=O)COC(=O)CCNC(=O)c1ccco1. The molecule has 1 aromatic heterocycles. The Labute approximate surface area is 132 Å². The zero-order chi connectivity index (χ0) is 17.1. The minimum atomic E-state index is -0.764. The highest BCUT2D eigenvalue weighted by atomic mass is 16.5. The molecule has 0 saturated carbocycles. The lowest BCUT2D eigenvalue weighted by molar-refractivity contribution is -0.148. The van der Waals surface area contributed by atoms with E-state index in [1.165, 1.54) is 18.4 Å². The average Bonchev–Trinajstić information content (AvgIpc) is 3.05. The summed E-state index contributed by atoms with van der Waals surface area (Å²) in [5.74, 6) is -1.78. The number of amides is 4. The number of hydrogen-bond acceptors (Lipinski definition) is 6. The van der Waals surface area contributed by atoms with E-state index in [-0.39, 0.29) is 25.3 Å². The van der Waals surface area contributed by atoms with E-state index in [4.69, 9.17) is 4.42 Å². The van der Waals surface area contributed by atoms with Gasteiger partial charge in [-0.15, -0.1) is 6.58 Å². The maximum absolute atomic E-state index is 11.5. The zero-order valence-electron chi connectivity index (χ0n) is 12.3. The quantitative estimate of drug-likeness (QED) is 0.455. The van der Waals surface area contributed by atoms with Gasteiger partial charge < -0.3 is 19.8 Å². The predicted molar refractivity (Wildman–Crippen MR) is 78.4 cm³/mol. The molecule has 9 heteroatoms. The molecule has 0 aromatic carbocycles. The summed E-state index contributed by atoms with van der Waals surface area (Å²) in [6.07, 6.45) is 2.68. The molecule has 0 aliphatic rings. The number of esters is 1. The molecule has 1 heterocycles. The molecule has 0 unspecified atom stereocenters. The molecule has 0 aliphatic heterocycles. The highest BCUT2D eigenvalue weighted by Gasteiger charge is 2.12. The third-order valence-corrected chi connectivity index (χ3v) is 2.38. The minimum Gasteiger partial charge on any atom is -0.459 e. The maximum atomic E-state index is 11.5. The van der Waals surface area contributed by atoms with Crippen LogP contribution < -0.4 is 16.0 Å². The van der Waals surface area contributed by atoms with Gasteiger partial charge in [0.2, 0.25) is 0 Å². The van der Waals surface area contributed by atoms with Gasteiger partial charge in [-0.3, -0.25) is 19.7 Å². The van der Waals surface area contributed by atoms with Gasteiger partial charge in [0.05, 0.1) is 12.7 Å². The lowest BCUT2D eigenvalue weighted by Gasteiger charge is -2.06. The average molecular weight is 323 g/mol. The molecule has 0 atom stereocenters. The Morgan fingerprint density at radius 3 is 2.70 bits per heavy atom. The summed E-state index contributed by atoms with van der Waals surface area (Å²) in [5.41, 5.74) is 0. The Hall–Kier alpha value is -3.10. The summed E-state index contributed by atoms with van der Waals surface area (Å²) in [4.78, 5) is 45.3. The minimum absolute atomic E-state index is 0.0276. The van der Waals surface area contributed by atoms with Crippen molar-refractivity contribution in [3.8, 4) is 0 Å². The Morgan fingerprint density at radius 2 is 2.04 bits per heavy atom. The molecule has 3 N–H and O–H groups in total. The highest BCUT2D eigenvalue weighted by Crippen LogP contribution is 1.99. The van der Waals surface area contributed by atoms with Crippen LogP contribution in [-0.4, -0.2) is 43.5 Å². The van der Waals surface area contributed by atoms with E-state index in [0.717, 1.165) is 0 Å². The first-order valence-electron chi connectivity index (χ1n) is 6.69. The predicted octanol–water partition coefficient (Wildman–Crippen LogP) is -0.0455. The van der Waals surface area contributed by atoms with E-state index in [1.54, 1.807) is 6.07 Å². The molecule has 0 spiro atoms. The normalized spacial score (nSPS) is 9.57. The van der Waals surface area contributed by atoms with Crippen molar-refractivity contribution in [1.29, 1.82) is 0 Å². The van der Waals surface area contributed by atoms with E-state index < -0.39 is 30.4 Å². The van der Waals surface area contributed by atoms with Gasteiger partial charge in [0.25, 0.3) is 11.8 Å². The molecule has 0 saturated heterocycles. The summed E-state index contributed by atoms with van der Waals surface area (Å²) in [6.45, 7) is 3.04. The molecule has 0 fully saturated rings. The molecule has 23 heavy (non-hydrogen) atoms. The number of urea groups is 1. The number of rotatable bonds is 8. The molecule has 1 aromatic rings. The highest BCUT2D eigenvalue weighted by molar-refractivity contribution is 5.95. The Kier molecular flexibility index (Phi) is 7.62. The van der Waals surface area contributed by atoms with Crippen molar-refractivity contribution in [3.05, 3.63) is 36.8 Å². The van der Waals surface area contributed by atoms with Crippen LogP contribution in [-0.2, 0) is 14.3 Å². The van der Waals surface area contributed by atoms with Gasteiger partial charge in [0.15, 0.2) is 12.4 Å². The third kappa shape index (κ3) is 7.46. The van der Waals surface area contributed by atoms with Gasteiger partial charge in [0, 0.05) is 13.1 Å². The van der Waals surface area contributed by atoms with Crippen LogP contribution >= 0.6 is 0 Å². The topological polar surface area (TPSA) is 127 Å². The molecule has 9 nitrogen and oxygen atoms in total. The number of imide groups is 1. The molecule has 124 valence electrons. The van der Waals surface area contributed by atoms with E-state index >= 15 is 0 Å². The fourth-order valence-corrected chi connectivity index (χ4v) is 1.36. The van der Waals surface area contributed by atoms with Crippen LogP contribution in [0.1, 0.15) is 17.0 Å².